The highest BCUT2D eigenvalue weighted by molar-refractivity contribution is 5.79. The van der Waals surface area contributed by atoms with Crippen LogP contribution in [-0.4, -0.2) is 42.3 Å². The number of phenols is 2. The Balaban J connectivity index is 1.40. The largest absolute Gasteiger partial charge is 0.508 e. The van der Waals surface area contributed by atoms with Gasteiger partial charge in [0.1, 0.15) is 17.2 Å². The first-order valence-electron chi connectivity index (χ1n) is 12.9. The van der Waals surface area contributed by atoms with E-state index >= 15 is 0 Å². The number of benzene rings is 3. The molecule has 3 aromatic carbocycles. The average Bonchev–Trinajstić information content (AvgIpc) is 3.42. The molecule has 2 atom stereocenters. The maximum Gasteiger partial charge on any atom is 0.200 e. The van der Waals surface area contributed by atoms with E-state index in [9.17, 15) is 15.3 Å². The van der Waals surface area contributed by atoms with Crippen LogP contribution in [0.4, 0.5) is 0 Å². The van der Waals surface area contributed by atoms with Gasteiger partial charge in [-0.05, 0) is 85.0 Å². The number of aliphatic hydroxyl groups is 1. The van der Waals surface area contributed by atoms with E-state index in [1.807, 2.05) is 18.2 Å². The van der Waals surface area contributed by atoms with Crippen LogP contribution in [0.1, 0.15) is 60.0 Å². The molecule has 37 heavy (non-hydrogen) atoms. The van der Waals surface area contributed by atoms with Crippen molar-refractivity contribution >= 4 is 0 Å². The molecule has 7 heteroatoms. The van der Waals surface area contributed by atoms with Gasteiger partial charge in [-0.3, -0.25) is 0 Å². The molecule has 0 unspecified atom stereocenters. The van der Waals surface area contributed by atoms with Crippen molar-refractivity contribution in [1.29, 1.82) is 0 Å². The summed E-state index contributed by atoms with van der Waals surface area (Å²) in [6, 6.07) is 10.9. The van der Waals surface area contributed by atoms with E-state index in [2.05, 4.69) is 0 Å². The summed E-state index contributed by atoms with van der Waals surface area (Å²) in [5.74, 6) is 1.78. The Morgan fingerprint density at radius 3 is 2.32 bits per heavy atom. The van der Waals surface area contributed by atoms with E-state index in [1.165, 1.54) is 7.11 Å². The van der Waals surface area contributed by atoms with Gasteiger partial charge in [0.25, 0.3) is 0 Å². The molecular formula is C30H32O7. The number of aromatic hydroxyl groups is 2. The summed E-state index contributed by atoms with van der Waals surface area (Å²) in [6.45, 7) is 0.287. The third kappa shape index (κ3) is 4.02. The zero-order chi connectivity index (χ0) is 25.7. The molecule has 0 saturated heterocycles. The third-order valence-corrected chi connectivity index (χ3v) is 8.05. The molecule has 1 heterocycles. The molecule has 1 aliphatic heterocycles. The van der Waals surface area contributed by atoms with E-state index < -0.39 is 6.10 Å². The molecule has 0 amide bonds. The van der Waals surface area contributed by atoms with Gasteiger partial charge in [0, 0.05) is 23.1 Å². The lowest BCUT2D eigenvalue weighted by Crippen LogP contribution is -2.26. The van der Waals surface area contributed by atoms with Crippen LogP contribution in [0.2, 0.25) is 0 Å². The number of methoxy groups -OCH3 is 2. The molecule has 0 aromatic heterocycles. The van der Waals surface area contributed by atoms with Crippen molar-refractivity contribution in [3.8, 4) is 45.6 Å². The summed E-state index contributed by atoms with van der Waals surface area (Å²) in [6.07, 6.45) is 4.84. The van der Waals surface area contributed by atoms with Gasteiger partial charge in [0.2, 0.25) is 5.75 Å². The van der Waals surface area contributed by atoms with Gasteiger partial charge >= 0.3 is 0 Å². The topological polar surface area (TPSA) is 97.6 Å². The molecule has 2 aliphatic carbocycles. The van der Waals surface area contributed by atoms with E-state index in [4.69, 9.17) is 18.9 Å². The lowest BCUT2D eigenvalue weighted by molar-refractivity contribution is 0.0876. The van der Waals surface area contributed by atoms with Crippen LogP contribution in [0.3, 0.4) is 0 Å². The van der Waals surface area contributed by atoms with Crippen LogP contribution in [0.25, 0.3) is 11.1 Å². The predicted molar refractivity (Wildman–Crippen MR) is 138 cm³/mol. The van der Waals surface area contributed by atoms with Gasteiger partial charge in [-0.15, -0.1) is 0 Å². The van der Waals surface area contributed by atoms with Crippen molar-refractivity contribution in [3.63, 3.8) is 0 Å². The third-order valence-electron chi connectivity index (χ3n) is 8.05. The minimum atomic E-state index is -0.826. The minimum Gasteiger partial charge on any atom is -0.508 e. The fraction of sp³-hybridized carbons (Fsp3) is 0.400. The van der Waals surface area contributed by atoms with Gasteiger partial charge in [-0.25, -0.2) is 0 Å². The van der Waals surface area contributed by atoms with E-state index in [0.717, 1.165) is 65.5 Å². The van der Waals surface area contributed by atoms with Crippen molar-refractivity contribution < 1.29 is 34.3 Å². The quantitative estimate of drug-likeness (QED) is 0.427. The standard InChI is InChI=1S/C30H32O7/c1-34-25-14-17(31)13-22-19-9-10-24-28(21(19)8-7-20(22)25)29(32)23(15-36-24)16-11-26(35-2)30(33)27(12-16)37-18-5-3-4-6-18/h9-14,18,23,29,31-33H,3-8,15H2,1-2H3/t23-,29+/m1/s1. The monoisotopic (exact) mass is 504 g/mol. The molecule has 3 aliphatic rings. The Hall–Kier alpha value is -3.58. The molecular weight excluding hydrogens is 472 g/mol. The fourth-order valence-corrected chi connectivity index (χ4v) is 6.17. The van der Waals surface area contributed by atoms with Gasteiger partial charge < -0.3 is 34.3 Å². The Morgan fingerprint density at radius 1 is 0.838 bits per heavy atom. The number of hydrogen-bond donors (Lipinski definition) is 3. The predicted octanol–water partition coefficient (Wildman–Crippen LogP) is 5.41. The lowest BCUT2D eigenvalue weighted by Gasteiger charge is -2.35. The average molecular weight is 505 g/mol. The molecule has 1 fully saturated rings. The highest BCUT2D eigenvalue weighted by atomic mass is 16.5. The molecule has 0 bridgehead atoms. The van der Waals surface area contributed by atoms with Crippen molar-refractivity contribution in [2.45, 2.75) is 56.7 Å². The highest BCUT2D eigenvalue weighted by Crippen LogP contribution is 2.51. The van der Waals surface area contributed by atoms with Gasteiger partial charge in [-0.1, -0.05) is 6.07 Å². The van der Waals surface area contributed by atoms with Crippen LogP contribution >= 0.6 is 0 Å². The zero-order valence-corrected chi connectivity index (χ0v) is 21.1. The van der Waals surface area contributed by atoms with Gasteiger partial charge in [0.05, 0.1) is 33.0 Å². The van der Waals surface area contributed by atoms with Crippen molar-refractivity contribution in [3.05, 3.63) is 58.7 Å². The maximum atomic E-state index is 11.7. The Labute approximate surface area is 216 Å². The molecule has 3 N–H and O–H groups in total. The molecule has 0 radical (unpaired) electrons. The van der Waals surface area contributed by atoms with Crippen LogP contribution in [0.15, 0.2) is 36.4 Å². The minimum absolute atomic E-state index is 0.0208. The van der Waals surface area contributed by atoms with E-state index in [-0.39, 0.29) is 30.1 Å². The van der Waals surface area contributed by atoms with E-state index in [0.29, 0.717) is 29.4 Å². The number of phenolic OH excluding ortho intramolecular Hbond substituents is 2. The summed E-state index contributed by atoms with van der Waals surface area (Å²) < 4.78 is 23.3. The normalized spacial score (nSPS) is 20.4. The molecule has 7 nitrogen and oxygen atoms in total. The van der Waals surface area contributed by atoms with Crippen molar-refractivity contribution in [2.75, 3.05) is 20.8 Å². The first kappa shape index (κ1) is 23.8. The van der Waals surface area contributed by atoms with Crippen LogP contribution < -0.4 is 18.9 Å². The SMILES string of the molecule is COc1cc([C@H]2COc3ccc4c(c3[C@H]2O)CCc2c(OC)cc(O)cc2-4)cc(OC2CCCC2)c1O. The molecule has 0 spiro atoms. The molecule has 6 rings (SSSR count). The van der Waals surface area contributed by atoms with Gasteiger partial charge in [-0.2, -0.15) is 0 Å². The smallest absolute Gasteiger partial charge is 0.200 e. The summed E-state index contributed by atoms with van der Waals surface area (Å²) >= 11 is 0. The number of ether oxygens (including phenoxy) is 4. The van der Waals surface area contributed by atoms with E-state index in [1.54, 1.807) is 25.3 Å². The Morgan fingerprint density at radius 2 is 1.57 bits per heavy atom. The summed E-state index contributed by atoms with van der Waals surface area (Å²) in [7, 11) is 3.12. The van der Waals surface area contributed by atoms with Crippen molar-refractivity contribution in [1.82, 2.24) is 0 Å². The second kappa shape index (κ2) is 9.38. The molecule has 1 saturated carbocycles. The molecule has 3 aromatic rings. The second-order valence-corrected chi connectivity index (χ2v) is 10.1. The number of fused-ring (bicyclic) bond motifs is 5. The zero-order valence-electron chi connectivity index (χ0n) is 21.1. The van der Waals surface area contributed by atoms with Crippen molar-refractivity contribution in [2.24, 2.45) is 0 Å². The maximum absolute atomic E-state index is 11.7. The Kier molecular flexibility index (Phi) is 6.03. The number of aliphatic hydroxyl groups excluding tert-OH is 1. The number of hydrogen-bond acceptors (Lipinski definition) is 7. The number of rotatable bonds is 5. The second-order valence-electron chi connectivity index (χ2n) is 10.1. The fourth-order valence-electron chi connectivity index (χ4n) is 6.17. The lowest BCUT2D eigenvalue weighted by atomic mass is 9.77. The first-order chi connectivity index (χ1) is 18.0. The van der Waals surface area contributed by atoms with Crippen LogP contribution in [-0.2, 0) is 12.8 Å². The summed E-state index contributed by atoms with van der Waals surface area (Å²) in [4.78, 5) is 0. The van der Waals surface area contributed by atoms with Crippen LogP contribution in [0.5, 0.6) is 34.5 Å². The highest BCUT2D eigenvalue weighted by Gasteiger charge is 2.36. The Bertz CT molecular complexity index is 1340. The van der Waals surface area contributed by atoms with Crippen LogP contribution in [0, 0.1) is 0 Å². The summed E-state index contributed by atoms with van der Waals surface area (Å²) in [5.41, 5.74) is 5.50. The van der Waals surface area contributed by atoms with Gasteiger partial charge in [0.15, 0.2) is 11.5 Å². The first-order valence-corrected chi connectivity index (χ1v) is 12.9. The summed E-state index contributed by atoms with van der Waals surface area (Å²) in [5, 5.41) is 32.8. The molecule has 194 valence electrons.